The second-order valence-corrected chi connectivity index (χ2v) is 5.89. The molecular formula is C13H21NO2S. The van der Waals surface area contributed by atoms with E-state index in [1.807, 2.05) is 17.7 Å². The summed E-state index contributed by atoms with van der Waals surface area (Å²) in [5, 5.41) is 15.6. The highest BCUT2D eigenvalue weighted by atomic mass is 32.1. The topological polar surface area (TPSA) is 49.3 Å². The van der Waals surface area contributed by atoms with Gasteiger partial charge in [0, 0.05) is 18.5 Å². The molecule has 0 spiro atoms. The lowest BCUT2D eigenvalue weighted by Gasteiger charge is -2.24. The van der Waals surface area contributed by atoms with Gasteiger partial charge in [0.1, 0.15) is 0 Å². The van der Waals surface area contributed by atoms with Crippen molar-refractivity contribution in [2.75, 3.05) is 13.2 Å². The molecule has 0 aliphatic rings. The van der Waals surface area contributed by atoms with Gasteiger partial charge in [0.15, 0.2) is 0 Å². The van der Waals surface area contributed by atoms with Crippen LogP contribution in [0.2, 0.25) is 0 Å². The van der Waals surface area contributed by atoms with Gasteiger partial charge in [-0.25, -0.2) is 0 Å². The van der Waals surface area contributed by atoms with Crippen LogP contribution in [0.25, 0.3) is 0 Å². The summed E-state index contributed by atoms with van der Waals surface area (Å²) in [5.41, 5.74) is 1.83. The number of aryl methyl sites for hydroxylation is 1. The third-order valence-corrected chi connectivity index (χ3v) is 3.70. The molecule has 17 heavy (non-hydrogen) atoms. The molecule has 0 unspecified atom stereocenters. The standard InChI is InChI=1S/C13H21NO2S/c1-10-7-17-8-11(10)12(16)14-9-13(2,3)5-4-6-15/h7-8,15H,4-6,9H2,1-3H3,(H,14,16). The minimum absolute atomic E-state index is 0.000762. The van der Waals surface area contributed by atoms with Gasteiger partial charge in [-0.3, -0.25) is 4.79 Å². The molecule has 1 heterocycles. The highest BCUT2D eigenvalue weighted by Gasteiger charge is 2.19. The van der Waals surface area contributed by atoms with Crippen LogP contribution in [0.15, 0.2) is 10.8 Å². The fourth-order valence-electron chi connectivity index (χ4n) is 1.65. The molecule has 3 nitrogen and oxygen atoms in total. The molecule has 1 amide bonds. The molecule has 0 atom stereocenters. The van der Waals surface area contributed by atoms with E-state index in [1.54, 1.807) is 11.3 Å². The average molecular weight is 255 g/mol. The molecule has 0 aliphatic carbocycles. The van der Waals surface area contributed by atoms with Gasteiger partial charge in [0.25, 0.3) is 5.91 Å². The lowest BCUT2D eigenvalue weighted by atomic mass is 9.88. The zero-order valence-electron chi connectivity index (χ0n) is 10.7. The Morgan fingerprint density at radius 1 is 1.47 bits per heavy atom. The molecule has 0 fully saturated rings. The lowest BCUT2D eigenvalue weighted by molar-refractivity contribution is 0.0933. The molecule has 0 aliphatic heterocycles. The quantitative estimate of drug-likeness (QED) is 0.821. The molecule has 96 valence electrons. The smallest absolute Gasteiger partial charge is 0.252 e. The number of rotatable bonds is 6. The first-order valence-corrected chi connectivity index (χ1v) is 6.82. The van der Waals surface area contributed by atoms with Gasteiger partial charge in [-0.1, -0.05) is 13.8 Å². The number of aliphatic hydroxyl groups excluding tert-OH is 1. The van der Waals surface area contributed by atoms with Crippen LogP contribution in [0.3, 0.4) is 0 Å². The third kappa shape index (κ3) is 4.48. The van der Waals surface area contributed by atoms with Crippen molar-refractivity contribution in [1.82, 2.24) is 5.32 Å². The zero-order chi connectivity index (χ0) is 12.9. The van der Waals surface area contributed by atoms with Crippen LogP contribution < -0.4 is 5.32 Å². The molecular weight excluding hydrogens is 234 g/mol. The van der Waals surface area contributed by atoms with Crippen molar-refractivity contribution in [2.45, 2.75) is 33.6 Å². The first kappa shape index (κ1) is 14.2. The Kier molecular flexibility index (Phi) is 5.15. The van der Waals surface area contributed by atoms with Crippen molar-refractivity contribution in [3.63, 3.8) is 0 Å². The fourth-order valence-corrected chi connectivity index (χ4v) is 2.48. The number of thiophene rings is 1. The molecule has 1 aromatic rings. The molecule has 0 saturated carbocycles. The summed E-state index contributed by atoms with van der Waals surface area (Å²) in [6.07, 6.45) is 1.69. The van der Waals surface area contributed by atoms with Gasteiger partial charge >= 0.3 is 0 Å². The van der Waals surface area contributed by atoms with E-state index in [9.17, 15) is 4.79 Å². The largest absolute Gasteiger partial charge is 0.396 e. The van der Waals surface area contributed by atoms with E-state index >= 15 is 0 Å². The van der Waals surface area contributed by atoms with Gasteiger partial charge in [-0.15, -0.1) is 0 Å². The number of amides is 1. The number of carbonyl (C=O) groups is 1. The third-order valence-electron chi connectivity index (χ3n) is 2.84. The van der Waals surface area contributed by atoms with Crippen molar-refractivity contribution in [1.29, 1.82) is 0 Å². The van der Waals surface area contributed by atoms with Crippen LogP contribution in [0.4, 0.5) is 0 Å². The summed E-state index contributed by atoms with van der Waals surface area (Å²) >= 11 is 1.55. The Labute approximate surface area is 107 Å². The van der Waals surface area contributed by atoms with E-state index < -0.39 is 0 Å². The van der Waals surface area contributed by atoms with E-state index in [1.165, 1.54) is 0 Å². The predicted molar refractivity (Wildman–Crippen MR) is 71.5 cm³/mol. The van der Waals surface area contributed by atoms with Crippen LogP contribution in [0, 0.1) is 12.3 Å². The summed E-state index contributed by atoms with van der Waals surface area (Å²) in [7, 11) is 0. The molecule has 1 aromatic heterocycles. The van der Waals surface area contributed by atoms with Crippen LogP contribution >= 0.6 is 11.3 Å². The predicted octanol–water partition coefficient (Wildman–Crippen LogP) is 2.59. The Hall–Kier alpha value is -0.870. The molecule has 0 bridgehead atoms. The number of aliphatic hydroxyl groups is 1. The van der Waals surface area contributed by atoms with Gasteiger partial charge in [0.2, 0.25) is 0 Å². The maximum atomic E-state index is 11.9. The minimum Gasteiger partial charge on any atom is -0.396 e. The molecule has 0 radical (unpaired) electrons. The maximum absolute atomic E-state index is 11.9. The SMILES string of the molecule is Cc1cscc1C(=O)NCC(C)(C)CCCO. The van der Waals surface area contributed by atoms with E-state index in [-0.39, 0.29) is 17.9 Å². The molecule has 0 saturated heterocycles. The van der Waals surface area contributed by atoms with Gasteiger partial charge in [-0.2, -0.15) is 11.3 Å². The van der Waals surface area contributed by atoms with Gasteiger partial charge in [0.05, 0.1) is 5.56 Å². The minimum atomic E-state index is 0.000762. The second-order valence-electron chi connectivity index (χ2n) is 5.14. The summed E-state index contributed by atoms with van der Waals surface area (Å²) in [4.78, 5) is 11.9. The van der Waals surface area contributed by atoms with E-state index in [0.29, 0.717) is 6.54 Å². The number of hydrogen-bond acceptors (Lipinski definition) is 3. The number of carbonyl (C=O) groups excluding carboxylic acids is 1. The normalized spacial score (nSPS) is 11.5. The van der Waals surface area contributed by atoms with Crippen LogP contribution in [-0.2, 0) is 0 Å². The van der Waals surface area contributed by atoms with E-state index in [0.717, 1.165) is 24.0 Å². The summed E-state index contributed by atoms with van der Waals surface area (Å²) in [6.45, 7) is 7.00. The average Bonchev–Trinajstić information content (AvgIpc) is 2.70. The van der Waals surface area contributed by atoms with E-state index in [4.69, 9.17) is 5.11 Å². The summed E-state index contributed by atoms with van der Waals surface area (Å²) in [6, 6.07) is 0. The monoisotopic (exact) mass is 255 g/mol. The Morgan fingerprint density at radius 2 is 2.18 bits per heavy atom. The summed E-state index contributed by atoms with van der Waals surface area (Å²) < 4.78 is 0. The van der Waals surface area contributed by atoms with Crippen LogP contribution in [0.1, 0.15) is 42.6 Å². The first-order valence-electron chi connectivity index (χ1n) is 5.88. The maximum Gasteiger partial charge on any atom is 0.252 e. The first-order chi connectivity index (χ1) is 7.96. The Morgan fingerprint density at radius 3 is 2.71 bits per heavy atom. The fraction of sp³-hybridized carbons (Fsp3) is 0.615. The van der Waals surface area contributed by atoms with Crippen LogP contribution in [0.5, 0.6) is 0 Å². The van der Waals surface area contributed by atoms with Crippen molar-refractivity contribution in [3.8, 4) is 0 Å². The molecule has 0 aromatic carbocycles. The number of nitrogens with one attached hydrogen (secondary N) is 1. The van der Waals surface area contributed by atoms with E-state index in [2.05, 4.69) is 19.2 Å². The van der Waals surface area contributed by atoms with Crippen molar-refractivity contribution in [2.24, 2.45) is 5.41 Å². The highest BCUT2D eigenvalue weighted by molar-refractivity contribution is 7.08. The number of hydrogen-bond donors (Lipinski definition) is 2. The highest BCUT2D eigenvalue weighted by Crippen LogP contribution is 2.21. The van der Waals surface area contributed by atoms with Gasteiger partial charge < -0.3 is 10.4 Å². The van der Waals surface area contributed by atoms with Crippen molar-refractivity contribution >= 4 is 17.2 Å². The molecule has 4 heteroatoms. The lowest BCUT2D eigenvalue weighted by Crippen LogP contribution is -2.34. The second kappa shape index (κ2) is 6.17. The van der Waals surface area contributed by atoms with Crippen LogP contribution in [-0.4, -0.2) is 24.2 Å². The molecule has 1 rings (SSSR count). The molecule has 2 N–H and O–H groups in total. The summed E-state index contributed by atoms with van der Waals surface area (Å²) in [5.74, 6) is 0.000762. The Bertz CT molecular complexity index is 371. The zero-order valence-corrected chi connectivity index (χ0v) is 11.6. The van der Waals surface area contributed by atoms with Crippen molar-refractivity contribution in [3.05, 3.63) is 21.9 Å². The Balaban J connectivity index is 2.45. The van der Waals surface area contributed by atoms with Crippen molar-refractivity contribution < 1.29 is 9.90 Å². The van der Waals surface area contributed by atoms with Gasteiger partial charge in [-0.05, 0) is 36.1 Å².